The molecule has 5 atom stereocenters. The van der Waals surface area contributed by atoms with Crippen molar-refractivity contribution in [3.05, 3.63) is 29.8 Å². The molecule has 48 heavy (non-hydrogen) atoms. The van der Waals surface area contributed by atoms with Crippen molar-refractivity contribution in [2.45, 2.75) is 96.4 Å². The molecule has 268 valence electrons. The van der Waals surface area contributed by atoms with Crippen LogP contribution < -0.4 is 38.5 Å². The highest BCUT2D eigenvalue weighted by atomic mass is 16.4. The van der Waals surface area contributed by atoms with Crippen molar-refractivity contribution in [3.8, 4) is 5.75 Å². The summed E-state index contributed by atoms with van der Waals surface area (Å²) in [6.45, 7) is 6.95. The first-order chi connectivity index (χ1) is 22.4. The SMILES string of the molecule is CC(C)C[C@H](NC(=O)[C@H](CCCN=C(N)N)NC(=O)[C@H](CCC(=O)O)NC(=O)[C@@H](NC(=O)[C@@H](N)Cc1ccc(O)cc1)C(C)C)C(=O)O. The fourth-order valence-corrected chi connectivity index (χ4v) is 4.58. The molecule has 17 nitrogen and oxygen atoms in total. The zero-order valence-electron chi connectivity index (χ0n) is 27.8. The molecule has 0 aromatic heterocycles. The van der Waals surface area contributed by atoms with E-state index in [0.717, 1.165) is 0 Å². The Labute approximate surface area is 279 Å². The summed E-state index contributed by atoms with van der Waals surface area (Å²) in [4.78, 5) is 80.0. The number of nitrogens with one attached hydrogen (secondary N) is 4. The van der Waals surface area contributed by atoms with Crippen molar-refractivity contribution in [2.24, 2.45) is 34.0 Å². The number of nitrogens with two attached hydrogens (primary N) is 3. The molecule has 0 saturated carbocycles. The number of aliphatic carboxylic acids is 2. The Morgan fingerprint density at radius 1 is 0.771 bits per heavy atom. The Morgan fingerprint density at radius 2 is 1.31 bits per heavy atom. The molecule has 0 radical (unpaired) electrons. The molecular weight excluding hydrogens is 628 g/mol. The van der Waals surface area contributed by atoms with Gasteiger partial charge in [0.15, 0.2) is 5.96 Å². The van der Waals surface area contributed by atoms with E-state index in [4.69, 9.17) is 17.2 Å². The highest BCUT2D eigenvalue weighted by Gasteiger charge is 2.33. The van der Waals surface area contributed by atoms with Crippen LogP contribution in [-0.4, -0.2) is 93.6 Å². The minimum atomic E-state index is -1.45. The number of aliphatic imine (C=N–C) groups is 1. The van der Waals surface area contributed by atoms with Crippen LogP contribution in [0, 0.1) is 11.8 Å². The molecule has 4 amide bonds. The Balaban J connectivity index is 3.17. The van der Waals surface area contributed by atoms with E-state index in [2.05, 4.69) is 26.3 Å². The number of phenols is 1. The van der Waals surface area contributed by atoms with Crippen LogP contribution in [0.15, 0.2) is 29.3 Å². The number of aromatic hydroxyl groups is 1. The first-order valence-electron chi connectivity index (χ1n) is 15.7. The van der Waals surface area contributed by atoms with Gasteiger partial charge in [-0.2, -0.15) is 0 Å². The molecule has 0 saturated heterocycles. The summed E-state index contributed by atoms with van der Waals surface area (Å²) < 4.78 is 0. The molecule has 13 N–H and O–H groups in total. The van der Waals surface area contributed by atoms with Crippen molar-refractivity contribution >= 4 is 41.5 Å². The average molecular weight is 679 g/mol. The van der Waals surface area contributed by atoms with Crippen LogP contribution in [0.1, 0.15) is 65.4 Å². The lowest BCUT2D eigenvalue weighted by Gasteiger charge is -2.27. The van der Waals surface area contributed by atoms with Crippen LogP contribution in [0.4, 0.5) is 0 Å². The van der Waals surface area contributed by atoms with Gasteiger partial charge in [0.05, 0.1) is 6.04 Å². The number of carbonyl (C=O) groups excluding carboxylic acids is 4. The Kier molecular flexibility index (Phi) is 17.4. The molecule has 0 spiro atoms. The predicted octanol–water partition coefficient (Wildman–Crippen LogP) is -1.09. The normalized spacial score (nSPS) is 14.1. The molecule has 1 rings (SSSR count). The highest BCUT2D eigenvalue weighted by Crippen LogP contribution is 2.12. The largest absolute Gasteiger partial charge is 0.508 e. The summed E-state index contributed by atoms with van der Waals surface area (Å²) in [6, 6.07) is -0.120. The fraction of sp³-hybridized carbons (Fsp3) is 0.581. The van der Waals surface area contributed by atoms with Crippen molar-refractivity contribution < 1.29 is 44.1 Å². The van der Waals surface area contributed by atoms with Gasteiger partial charge in [0.2, 0.25) is 23.6 Å². The van der Waals surface area contributed by atoms with Gasteiger partial charge in [-0.3, -0.25) is 29.0 Å². The summed E-state index contributed by atoms with van der Waals surface area (Å²) >= 11 is 0. The van der Waals surface area contributed by atoms with Crippen molar-refractivity contribution in [1.82, 2.24) is 21.3 Å². The second-order valence-electron chi connectivity index (χ2n) is 12.2. The Morgan fingerprint density at radius 3 is 1.81 bits per heavy atom. The van der Waals surface area contributed by atoms with Gasteiger partial charge >= 0.3 is 11.9 Å². The molecule has 0 unspecified atom stereocenters. The smallest absolute Gasteiger partial charge is 0.326 e. The zero-order valence-corrected chi connectivity index (χ0v) is 27.8. The maximum atomic E-state index is 13.5. The van der Waals surface area contributed by atoms with Crippen LogP contribution in [0.2, 0.25) is 0 Å². The van der Waals surface area contributed by atoms with E-state index < -0.39 is 78.1 Å². The molecule has 0 heterocycles. The van der Waals surface area contributed by atoms with Crippen molar-refractivity contribution in [2.75, 3.05) is 6.54 Å². The van der Waals surface area contributed by atoms with Crippen LogP contribution in [0.5, 0.6) is 5.75 Å². The number of hydrogen-bond acceptors (Lipinski definition) is 9. The van der Waals surface area contributed by atoms with Crippen molar-refractivity contribution in [3.63, 3.8) is 0 Å². The number of hydrogen-bond donors (Lipinski definition) is 10. The molecule has 0 fully saturated rings. The lowest BCUT2D eigenvalue weighted by atomic mass is 10.00. The van der Waals surface area contributed by atoms with Gasteiger partial charge < -0.3 is 53.8 Å². The molecule has 0 aliphatic heterocycles. The van der Waals surface area contributed by atoms with Gasteiger partial charge in [-0.25, -0.2) is 4.79 Å². The zero-order chi connectivity index (χ0) is 36.6. The van der Waals surface area contributed by atoms with E-state index in [1.807, 2.05) is 0 Å². The molecule has 0 bridgehead atoms. The van der Waals surface area contributed by atoms with Crippen LogP contribution >= 0.6 is 0 Å². The number of nitrogens with zero attached hydrogens (tertiary/aromatic N) is 1. The van der Waals surface area contributed by atoms with E-state index >= 15 is 0 Å². The number of benzene rings is 1. The Hall–Kier alpha value is -4.93. The summed E-state index contributed by atoms with van der Waals surface area (Å²) in [5.41, 5.74) is 17.4. The quantitative estimate of drug-likeness (QED) is 0.0421. The number of carbonyl (C=O) groups is 6. The van der Waals surface area contributed by atoms with Gasteiger partial charge in [0.1, 0.15) is 29.9 Å². The first-order valence-corrected chi connectivity index (χ1v) is 15.7. The van der Waals surface area contributed by atoms with Crippen LogP contribution in [-0.2, 0) is 35.2 Å². The second-order valence-corrected chi connectivity index (χ2v) is 12.2. The summed E-state index contributed by atoms with van der Waals surface area (Å²) in [5, 5.41) is 38.4. The van der Waals surface area contributed by atoms with E-state index in [1.54, 1.807) is 39.8 Å². The third kappa shape index (κ3) is 15.6. The monoisotopic (exact) mass is 678 g/mol. The third-order valence-electron chi connectivity index (χ3n) is 7.16. The van der Waals surface area contributed by atoms with Gasteiger partial charge in [-0.15, -0.1) is 0 Å². The minimum Gasteiger partial charge on any atom is -0.508 e. The number of carboxylic acids is 2. The standard InChI is InChI=1S/C31H50N8O9/c1-16(2)14-23(30(47)48)38-27(44)21(6-5-13-35-31(33)34)36-28(45)22(11-12-24(41)42)37-29(46)25(17(3)4)39-26(43)20(32)15-18-7-9-19(40)10-8-18/h7-10,16-17,20-23,25,40H,5-6,11-15,32H2,1-4H3,(H,36,45)(H,37,46)(H,38,44)(H,39,43)(H,41,42)(H,47,48)(H4,33,34,35)/t20-,21-,22-,23-,25-/m0/s1. The van der Waals surface area contributed by atoms with Crippen LogP contribution in [0.3, 0.4) is 0 Å². The lowest BCUT2D eigenvalue weighted by molar-refractivity contribution is -0.142. The predicted molar refractivity (Wildman–Crippen MR) is 176 cm³/mol. The summed E-state index contributed by atoms with van der Waals surface area (Å²) in [5.74, 6) is -6.38. The average Bonchev–Trinajstić information content (AvgIpc) is 2.99. The number of guanidine groups is 1. The maximum absolute atomic E-state index is 13.5. The van der Waals surface area contributed by atoms with E-state index in [9.17, 15) is 44.1 Å². The van der Waals surface area contributed by atoms with Gasteiger partial charge in [-0.1, -0.05) is 39.8 Å². The number of phenolic OH excluding ortho intramolecular Hbond substituents is 1. The number of amides is 4. The number of carboxylic acid groups (broad SMARTS) is 2. The molecular formula is C31H50N8O9. The van der Waals surface area contributed by atoms with Gasteiger partial charge in [0.25, 0.3) is 0 Å². The molecule has 0 aliphatic rings. The molecule has 17 heteroatoms. The molecule has 1 aromatic rings. The maximum Gasteiger partial charge on any atom is 0.326 e. The lowest BCUT2D eigenvalue weighted by Crippen LogP contribution is -2.59. The number of rotatable bonds is 21. The summed E-state index contributed by atoms with van der Waals surface area (Å²) in [6.07, 6.45) is -0.477. The highest BCUT2D eigenvalue weighted by molar-refractivity contribution is 5.95. The second kappa shape index (κ2) is 20.3. The van der Waals surface area contributed by atoms with E-state index in [0.29, 0.717) is 5.56 Å². The topological polar surface area (TPSA) is 302 Å². The van der Waals surface area contributed by atoms with Crippen LogP contribution in [0.25, 0.3) is 0 Å². The van der Waals surface area contributed by atoms with Gasteiger partial charge in [0, 0.05) is 13.0 Å². The first kappa shape index (κ1) is 41.1. The molecule has 1 aromatic carbocycles. The van der Waals surface area contributed by atoms with Crippen molar-refractivity contribution in [1.29, 1.82) is 0 Å². The van der Waals surface area contributed by atoms with E-state index in [1.165, 1.54) is 12.1 Å². The van der Waals surface area contributed by atoms with Gasteiger partial charge in [-0.05, 0) is 61.6 Å². The fourth-order valence-electron chi connectivity index (χ4n) is 4.58. The molecule has 0 aliphatic carbocycles. The summed E-state index contributed by atoms with van der Waals surface area (Å²) in [7, 11) is 0. The Bertz CT molecular complexity index is 1280. The third-order valence-corrected chi connectivity index (χ3v) is 7.16. The minimum absolute atomic E-state index is 0.0223. The van der Waals surface area contributed by atoms with E-state index in [-0.39, 0.29) is 56.3 Å².